The van der Waals surface area contributed by atoms with Gasteiger partial charge in [0.2, 0.25) is 0 Å². The number of fused-ring (bicyclic) bond motifs is 1. The van der Waals surface area contributed by atoms with E-state index in [1.807, 2.05) is 0 Å². The highest BCUT2D eigenvalue weighted by Crippen LogP contribution is 2.45. The summed E-state index contributed by atoms with van der Waals surface area (Å²) in [4.78, 5) is 21.5. The molecular formula is C19H22N4OS. The number of carbonyl (C=O) groups is 1. The predicted molar refractivity (Wildman–Crippen MR) is 98.6 cm³/mol. The lowest BCUT2D eigenvalue weighted by atomic mass is 9.69. The Balaban J connectivity index is 1.86. The second-order valence-electron chi connectivity index (χ2n) is 7.15. The van der Waals surface area contributed by atoms with E-state index in [9.17, 15) is 10.1 Å². The van der Waals surface area contributed by atoms with Gasteiger partial charge in [-0.1, -0.05) is 27.2 Å². The Bertz CT molecular complexity index is 820. The molecule has 2 heterocycles. The van der Waals surface area contributed by atoms with E-state index in [-0.39, 0.29) is 17.0 Å². The summed E-state index contributed by atoms with van der Waals surface area (Å²) in [5.74, 6) is 0.285. The van der Waals surface area contributed by atoms with Gasteiger partial charge in [-0.3, -0.25) is 9.78 Å². The molecule has 3 rings (SSSR count). The van der Waals surface area contributed by atoms with Gasteiger partial charge in [0.1, 0.15) is 16.8 Å². The van der Waals surface area contributed by atoms with Gasteiger partial charge in [-0.05, 0) is 36.2 Å². The maximum atomic E-state index is 12.3. The molecular weight excluding hydrogens is 332 g/mol. The van der Waals surface area contributed by atoms with Crippen LogP contribution in [0.3, 0.4) is 0 Å². The monoisotopic (exact) mass is 354 g/mol. The summed E-state index contributed by atoms with van der Waals surface area (Å²) in [6.07, 6.45) is 8.56. The lowest BCUT2D eigenvalue weighted by Gasteiger charge is -2.36. The lowest BCUT2D eigenvalue weighted by molar-refractivity contribution is 0.102. The van der Waals surface area contributed by atoms with E-state index in [2.05, 4.69) is 42.1 Å². The molecule has 0 fully saturated rings. The third-order valence-corrected chi connectivity index (χ3v) is 6.59. The molecule has 2 aromatic rings. The van der Waals surface area contributed by atoms with E-state index >= 15 is 0 Å². The van der Waals surface area contributed by atoms with Gasteiger partial charge in [-0.2, -0.15) is 5.26 Å². The first-order chi connectivity index (χ1) is 12.0. The lowest BCUT2D eigenvalue weighted by Crippen LogP contribution is -2.28. The van der Waals surface area contributed by atoms with Gasteiger partial charge in [-0.25, -0.2) is 4.98 Å². The normalized spacial score (nSPS) is 16.8. The van der Waals surface area contributed by atoms with Gasteiger partial charge in [0.25, 0.3) is 5.91 Å². The molecule has 0 unspecified atom stereocenters. The first kappa shape index (κ1) is 17.6. The fourth-order valence-electron chi connectivity index (χ4n) is 3.33. The van der Waals surface area contributed by atoms with Crippen molar-refractivity contribution in [2.24, 2.45) is 11.3 Å². The van der Waals surface area contributed by atoms with Gasteiger partial charge in [0, 0.05) is 17.3 Å². The van der Waals surface area contributed by atoms with Crippen LogP contribution in [0.5, 0.6) is 0 Å². The minimum Gasteiger partial charge on any atom is -0.311 e. The molecule has 0 saturated carbocycles. The fraction of sp³-hybridized carbons (Fsp3) is 0.474. The number of carbonyl (C=O) groups excluding carboxylic acids is 1. The largest absolute Gasteiger partial charge is 0.311 e. The van der Waals surface area contributed by atoms with Crippen LogP contribution in [0.2, 0.25) is 0 Å². The standard InChI is InChI=1S/C19H22N4OS/c1-4-19(2,3)12-5-6-13-14(10-20)18(25-16(13)9-12)23-17(24)15-11-21-7-8-22-15/h7-8,11-12H,4-6,9H2,1-3H3,(H,23,24)/t12-/m0/s1. The third-order valence-electron chi connectivity index (χ3n) is 5.42. The number of amides is 1. The van der Waals surface area contributed by atoms with Gasteiger partial charge >= 0.3 is 0 Å². The maximum Gasteiger partial charge on any atom is 0.276 e. The molecule has 1 amide bonds. The molecule has 130 valence electrons. The summed E-state index contributed by atoms with van der Waals surface area (Å²) in [5, 5.41) is 13.1. The SMILES string of the molecule is CCC(C)(C)[C@H]1CCc2c(sc(NC(=O)c3cnccn3)c2C#N)C1. The summed E-state index contributed by atoms with van der Waals surface area (Å²) in [5.41, 5.74) is 2.27. The number of nitrogens with one attached hydrogen (secondary N) is 1. The average Bonchev–Trinajstić information content (AvgIpc) is 2.98. The number of anilines is 1. The average molecular weight is 354 g/mol. The molecule has 0 aliphatic heterocycles. The number of rotatable bonds is 4. The molecule has 5 nitrogen and oxygen atoms in total. The Morgan fingerprint density at radius 1 is 1.48 bits per heavy atom. The van der Waals surface area contributed by atoms with Crippen LogP contribution < -0.4 is 5.32 Å². The maximum absolute atomic E-state index is 12.3. The first-order valence-electron chi connectivity index (χ1n) is 8.58. The van der Waals surface area contributed by atoms with E-state index in [1.54, 1.807) is 0 Å². The van der Waals surface area contributed by atoms with E-state index in [0.29, 0.717) is 16.5 Å². The fourth-order valence-corrected chi connectivity index (χ4v) is 4.60. The molecule has 0 spiro atoms. The number of nitrogens with zero attached hydrogens (tertiary/aromatic N) is 3. The molecule has 0 bridgehead atoms. The van der Waals surface area contributed by atoms with Crippen molar-refractivity contribution in [1.29, 1.82) is 5.26 Å². The highest BCUT2D eigenvalue weighted by Gasteiger charge is 2.34. The Kier molecular flexibility index (Phi) is 4.87. The topological polar surface area (TPSA) is 78.7 Å². The predicted octanol–water partition coefficient (Wildman–Crippen LogP) is 4.20. The van der Waals surface area contributed by atoms with Crippen molar-refractivity contribution in [1.82, 2.24) is 9.97 Å². The minimum absolute atomic E-state index is 0.253. The molecule has 2 aromatic heterocycles. The number of nitriles is 1. The number of hydrogen-bond acceptors (Lipinski definition) is 5. The smallest absolute Gasteiger partial charge is 0.276 e. The van der Waals surface area contributed by atoms with Crippen molar-refractivity contribution >= 4 is 22.2 Å². The van der Waals surface area contributed by atoms with Gasteiger partial charge in [-0.15, -0.1) is 11.3 Å². The summed E-state index contributed by atoms with van der Waals surface area (Å²) >= 11 is 1.54. The van der Waals surface area contributed by atoms with Crippen LogP contribution in [-0.4, -0.2) is 15.9 Å². The van der Waals surface area contributed by atoms with Gasteiger partial charge in [0.05, 0.1) is 11.8 Å². The van der Waals surface area contributed by atoms with E-state index in [0.717, 1.165) is 31.2 Å². The van der Waals surface area contributed by atoms with Crippen molar-refractivity contribution < 1.29 is 4.79 Å². The Hall–Kier alpha value is -2.26. The quantitative estimate of drug-likeness (QED) is 0.892. The highest BCUT2D eigenvalue weighted by atomic mass is 32.1. The van der Waals surface area contributed by atoms with E-state index in [4.69, 9.17) is 0 Å². The molecule has 1 N–H and O–H groups in total. The first-order valence-corrected chi connectivity index (χ1v) is 9.40. The van der Waals surface area contributed by atoms with Gasteiger partial charge < -0.3 is 5.32 Å². The number of aromatic nitrogens is 2. The molecule has 1 aliphatic carbocycles. The van der Waals surface area contributed by atoms with Crippen LogP contribution in [-0.2, 0) is 12.8 Å². The highest BCUT2D eigenvalue weighted by molar-refractivity contribution is 7.16. The Morgan fingerprint density at radius 2 is 2.28 bits per heavy atom. The van der Waals surface area contributed by atoms with Crippen molar-refractivity contribution in [2.75, 3.05) is 5.32 Å². The van der Waals surface area contributed by atoms with Crippen molar-refractivity contribution in [3.05, 3.63) is 40.3 Å². The second kappa shape index (κ2) is 6.93. The summed E-state index contributed by atoms with van der Waals surface area (Å²) in [6.45, 7) is 6.87. The third kappa shape index (κ3) is 3.42. The molecule has 0 aromatic carbocycles. The molecule has 6 heteroatoms. The van der Waals surface area contributed by atoms with Crippen molar-refractivity contribution in [2.45, 2.75) is 46.5 Å². The van der Waals surface area contributed by atoms with Crippen LogP contribution in [0.4, 0.5) is 5.00 Å². The van der Waals surface area contributed by atoms with Crippen LogP contribution in [0, 0.1) is 22.7 Å². The Labute approximate surface area is 152 Å². The zero-order valence-electron chi connectivity index (χ0n) is 14.8. The molecule has 0 saturated heterocycles. The number of hydrogen-bond donors (Lipinski definition) is 1. The molecule has 0 radical (unpaired) electrons. The zero-order valence-corrected chi connectivity index (χ0v) is 15.6. The molecule has 1 aliphatic rings. The van der Waals surface area contributed by atoms with Crippen LogP contribution in [0.15, 0.2) is 18.6 Å². The van der Waals surface area contributed by atoms with Crippen molar-refractivity contribution in [3.63, 3.8) is 0 Å². The zero-order chi connectivity index (χ0) is 18.0. The van der Waals surface area contributed by atoms with E-state index < -0.39 is 0 Å². The van der Waals surface area contributed by atoms with Crippen LogP contribution >= 0.6 is 11.3 Å². The van der Waals surface area contributed by atoms with Crippen LogP contribution in [0.1, 0.15) is 60.1 Å². The minimum atomic E-state index is -0.325. The van der Waals surface area contributed by atoms with E-state index in [1.165, 1.54) is 34.8 Å². The van der Waals surface area contributed by atoms with Gasteiger partial charge in [0.15, 0.2) is 0 Å². The summed E-state index contributed by atoms with van der Waals surface area (Å²) in [7, 11) is 0. The van der Waals surface area contributed by atoms with Crippen molar-refractivity contribution in [3.8, 4) is 6.07 Å². The Morgan fingerprint density at radius 3 is 2.92 bits per heavy atom. The molecule has 25 heavy (non-hydrogen) atoms. The molecule has 1 atom stereocenters. The summed E-state index contributed by atoms with van der Waals surface area (Å²) < 4.78 is 0. The number of thiophene rings is 1. The second-order valence-corrected chi connectivity index (χ2v) is 8.25. The van der Waals surface area contributed by atoms with Crippen LogP contribution in [0.25, 0.3) is 0 Å². The summed E-state index contributed by atoms with van der Waals surface area (Å²) in [6, 6.07) is 2.29.